The molecule has 0 spiro atoms. The summed E-state index contributed by atoms with van der Waals surface area (Å²) in [5.41, 5.74) is 2.25. The Bertz CT molecular complexity index is 392. The number of aryl methyl sites for hydroxylation is 2. The number of aliphatic imine (C=N–C) groups is 1. The molecule has 17 heavy (non-hydrogen) atoms. The van der Waals surface area contributed by atoms with E-state index in [1.807, 2.05) is 19.2 Å². The molecule has 1 aromatic rings. The third-order valence-electron chi connectivity index (χ3n) is 3.12. The summed E-state index contributed by atoms with van der Waals surface area (Å²) >= 11 is 0. The van der Waals surface area contributed by atoms with Crippen molar-refractivity contribution < 1.29 is 0 Å². The zero-order valence-electron chi connectivity index (χ0n) is 10.9. The summed E-state index contributed by atoms with van der Waals surface area (Å²) in [6.45, 7) is 6.32. The first kappa shape index (κ1) is 12.2. The van der Waals surface area contributed by atoms with Gasteiger partial charge < -0.3 is 5.32 Å². The highest BCUT2D eigenvalue weighted by atomic mass is 15.0. The molecule has 2 unspecified atom stereocenters. The molecule has 2 heterocycles. The first-order valence-corrected chi connectivity index (χ1v) is 6.39. The van der Waals surface area contributed by atoms with E-state index >= 15 is 0 Å². The number of rotatable bonds is 2. The minimum atomic E-state index is 0.404. The number of hydrogen-bond acceptors (Lipinski definition) is 3. The van der Waals surface area contributed by atoms with Crippen molar-refractivity contribution in [3.05, 3.63) is 23.4 Å². The van der Waals surface area contributed by atoms with Crippen LogP contribution >= 0.6 is 0 Å². The highest BCUT2D eigenvalue weighted by Crippen LogP contribution is 2.14. The predicted molar refractivity (Wildman–Crippen MR) is 72.1 cm³/mol. The van der Waals surface area contributed by atoms with Crippen molar-refractivity contribution in [3.8, 4) is 0 Å². The van der Waals surface area contributed by atoms with Gasteiger partial charge in [0.2, 0.25) is 0 Å². The summed E-state index contributed by atoms with van der Waals surface area (Å²) in [5, 5.41) is 3.54. The van der Waals surface area contributed by atoms with Crippen LogP contribution in [0.1, 0.15) is 37.4 Å². The zero-order valence-corrected chi connectivity index (χ0v) is 10.9. The van der Waals surface area contributed by atoms with Gasteiger partial charge in [-0.25, -0.2) is 9.98 Å². The van der Waals surface area contributed by atoms with Crippen LogP contribution in [0.25, 0.3) is 0 Å². The molecule has 0 aliphatic carbocycles. The van der Waals surface area contributed by atoms with Crippen LogP contribution < -0.4 is 5.32 Å². The number of pyridine rings is 1. The van der Waals surface area contributed by atoms with Gasteiger partial charge in [-0.2, -0.15) is 0 Å². The zero-order chi connectivity index (χ0) is 12.3. The molecule has 1 aliphatic rings. The number of nitrogens with one attached hydrogen (secondary N) is 1. The third kappa shape index (κ3) is 3.63. The van der Waals surface area contributed by atoms with Gasteiger partial charge in [-0.1, -0.05) is 0 Å². The standard InChI is InChI=1S/C14H21N3/c1-10-7-12(3)17-14(8-10)15-9-13-6-4-5-11(2)16-13/h7-9,11,13,16H,4-6H2,1-3H3/b15-9+. The van der Waals surface area contributed by atoms with E-state index in [1.165, 1.54) is 24.8 Å². The maximum atomic E-state index is 4.49. The highest BCUT2D eigenvalue weighted by Gasteiger charge is 2.15. The second kappa shape index (κ2) is 5.41. The topological polar surface area (TPSA) is 37.3 Å². The van der Waals surface area contributed by atoms with E-state index in [0.717, 1.165) is 11.5 Å². The maximum Gasteiger partial charge on any atom is 0.151 e. The lowest BCUT2D eigenvalue weighted by molar-refractivity contribution is 0.391. The Hall–Kier alpha value is -1.22. The van der Waals surface area contributed by atoms with Gasteiger partial charge in [0.05, 0.1) is 0 Å². The van der Waals surface area contributed by atoms with E-state index in [2.05, 4.69) is 35.2 Å². The van der Waals surface area contributed by atoms with Crippen molar-refractivity contribution in [1.82, 2.24) is 10.3 Å². The molecule has 92 valence electrons. The van der Waals surface area contributed by atoms with Crippen LogP contribution in [0.2, 0.25) is 0 Å². The lowest BCUT2D eigenvalue weighted by Crippen LogP contribution is -2.41. The Kier molecular flexibility index (Phi) is 3.89. The molecule has 1 aliphatic heterocycles. The Morgan fingerprint density at radius 1 is 1.35 bits per heavy atom. The average Bonchev–Trinajstić information content (AvgIpc) is 2.25. The molecule has 0 amide bonds. The molecule has 0 bridgehead atoms. The van der Waals surface area contributed by atoms with Gasteiger partial charge in [0, 0.05) is 24.0 Å². The van der Waals surface area contributed by atoms with Crippen molar-refractivity contribution in [1.29, 1.82) is 0 Å². The van der Waals surface area contributed by atoms with Gasteiger partial charge in [0.25, 0.3) is 0 Å². The number of aromatic nitrogens is 1. The van der Waals surface area contributed by atoms with Crippen LogP contribution in [0.3, 0.4) is 0 Å². The van der Waals surface area contributed by atoms with E-state index in [-0.39, 0.29) is 0 Å². The molecule has 2 atom stereocenters. The maximum absolute atomic E-state index is 4.49. The minimum absolute atomic E-state index is 0.404. The van der Waals surface area contributed by atoms with Crippen LogP contribution in [0.5, 0.6) is 0 Å². The molecular formula is C14H21N3. The van der Waals surface area contributed by atoms with Crippen molar-refractivity contribution in [2.45, 2.75) is 52.1 Å². The van der Waals surface area contributed by atoms with Crippen LogP contribution in [0.4, 0.5) is 5.82 Å². The monoisotopic (exact) mass is 231 g/mol. The molecule has 2 rings (SSSR count). The van der Waals surface area contributed by atoms with E-state index < -0.39 is 0 Å². The van der Waals surface area contributed by atoms with Crippen molar-refractivity contribution in [2.75, 3.05) is 0 Å². The molecule has 0 radical (unpaired) electrons. The summed E-state index contributed by atoms with van der Waals surface area (Å²) in [7, 11) is 0. The van der Waals surface area contributed by atoms with Gasteiger partial charge in [-0.3, -0.25) is 0 Å². The van der Waals surface area contributed by atoms with Gasteiger partial charge >= 0.3 is 0 Å². The van der Waals surface area contributed by atoms with Crippen molar-refractivity contribution in [3.63, 3.8) is 0 Å². The van der Waals surface area contributed by atoms with Crippen LogP contribution in [-0.2, 0) is 0 Å². The molecule has 0 aromatic carbocycles. The largest absolute Gasteiger partial charge is 0.307 e. The smallest absolute Gasteiger partial charge is 0.151 e. The lowest BCUT2D eigenvalue weighted by atomic mass is 10.0. The molecule has 1 N–H and O–H groups in total. The fourth-order valence-electron chi connectivity index (χ4n) is 2.35. The van der Waals surface area contributed by atoms with Crippen molar-refractivity contribution in [2.24, 2.45) is 4.99 Å². The fourth-order valence-corrected chi connectivity index (χ4v) is 2.35. The normalized spacial score (nSPS) is 25.4. The average molecular weight is 231 g/mol. The van der Waals surface area contributed by atoms with Gasteiger partial charge in [-0.15, -0.1) is 0 Å². The van der Waals surface area contributed by atoms with Gasteiger partial charge in [0.15, 0.2) is 5.82 Å². The summed E-state index contributed by atoms with van der Waals surface area (Å²) in [6, 6.07) is 5.10. The Labute approximate surface area is 103 Å². The SMILES string of the molecule is Cc1cc(C)nc(/N=C/C2CCCC(C)N2)c1. The van der Waals surface area contributed by atoms with E-state index in [1.54, 1.807) is 0 Å². The Balaban J connectivity index is 2.04. The molecule has 1 aromatic heterocycles. The molecule has 1 fully saturated rings. The summed E-state index contributed by atoms with van der Waals surface area (Å²) in [6.07, 6.45) is 5.74. The first-order chi connectivity index (χ1) is 8.13. The third-order valence-corrected chi connectivity index (χ3v) is 3.12. The van der Waals surface area contributed by atoms with Gasteiger partial charge in [-0.05, 0) is 57.7 Å². The summed E-state index contributed by atoms with van der Waals surface area (Å²) in [4.78, 5) is 8.90. The Morgan fingerprint density at radius 3 is 2.88 bits per heavy atom. The second-order valence-corrected chi connectivity index (χ2v) is 5.03. The fraction of sp³-hybridized carbons (Fsp3) is 0.571. The van der Waals surface area contributed by atoms with Crippen molar-refractivity contribution >= 4 is 12.0 Å². The molecular weight excluding hydrogens is 210 g/mol. The number of nitrogens with zero attached hydrogens (tertiary/aromatic N) is 2. The summed E-state index contributed by atoms with van der Waals surface area (Å²) < 4.78 is 0. The van der Waals surface area contributed by atoms with Crippen LogP contribution in [0.15, 0.2) is 17.1 Å². The van der Waals surface area contributed by atoms with Crippen LogP contribution in [0, 0.1) is 13.8 Å². The van der Waals surface area contributed by atoms with E-state index in [4.69, 9.17) is 0 Å². The first-order valence-electron chi connectivity index (χ1n) is 6.39. The van der Waals surface area contributed by atoms with Crippen LogP contribution in [-0.4, -0.2) is 23.3 Å². The lowest BCUT2D eigenvalue weighted by Gasteiger charge is -2.25. The second-order valence-electron chi connectivity index (χ2n) is 5.03. The van der Waals surface area contributed by atoms with Gasteiger partial charge in [0.1, 0.15) is 0 Å². The molecule has 1 saturated heterocycles. The van der Waals surface area contributed by atoms with E-state index in [9.17, 15) is 0 Å². The summed E-state index contributed by atoms with van der Waals surface area (Å²) in [5.74, 6) is 0.822. The predicted octanol–water partition coefficient (Wildman–Crippen LogP) is 2.93. The molecule has 0 saturated carbocycles. The molecule has 3 nitrogen and oxygen atoms in total. The number of piperidine rings is 1. The minimum Gasteiger partial charge on any atom is -0.307 e. The number of hydrogen-bond donors (Lipinski definition) is 1. The molecule has 3 heteroatoms. The quantitative estimate of drug-likeness (QED) is 0.795. The van der Waals surface area contributed by atoms with E-state index in [0.29, 0.717) is 12.1 Å². The highest BCUT2D eigenvalue weighted by molar-refractivity contribution is 5.68. The Morgan fingerprint density at radius 2 is 2.18 bits per heavy atom.